The molecular weight excluding hydrogens is 731 g/mol. The van der Waals surface area contributed by atoms with E-state index in [2.05, 4.69) is 50.4 Å². The van der Waals surface area contributed by atoms with Crippen LogP contribution >= 0.6 is 0 Å². The highest BCUT2D eigenvalue weighted by Gasteiger charge is 2.24. The number of carbonyl (C=O) groups is 2. The van der Waals surface area contributed by atoms with E-state index in [1.807, 2.05) is 0 Å². The molecular formula is C53H101NO5. The summed E-state index contributed by atoms with van der Waals surface area (Å²) in [6, 6.07) is -0.697. The van der Waals surface area contributed by atoms with Crippen molar-refractivity contribution in [1.82, 2.24) is 5.32 Å². The predicted octanol–water partition coefficient (Wildman–Crippen LogP) is 15.5. The largest absolute Gasteiger partial charge is 0.462 e. The third-order valence-corrected chi connectivity index (χ3v) is 12.0. The van der Waals surface area contributed by atoms with Crippen LogP contribution in [0.1, 0.15) is 278 Å². The smallest absolute Gasteiger partial charge is 0.306 e. The van der Waals surface area contributed by atoms with Crippen molar-refractivity contribution in [2.75, 3.05) is 6.61 Å². The van der Waals surface area contributed by atoms with Crippen molar-refractivity contribution >= 4 is 11.9 Å². The van der Waals surface area contributed by atoms with Gasteiger partial charge in [-0.25, -0.2) is 0 Å². The molecule has 0 aromatic rings. The third kappa shape index (κ3) is 42.8. The first-order chi connectivity index (χ1) is 29.0. The Morgan fingerprint density at radius 3 is 1.37 bits per heavy atom. The molecule has 3 atom stereocenters. The molecule has 0 aliphatic heterocycles. The molecule has 0 saturated carbocycles. The van der Waals surface area contributed by atoms with E-state index in [0.29, 0.717) is 19.3 Å². The number of esters is 1. The molecule has 1 amide bonds. The van der Waals surface area contributed by atoms with Crippen LogP contribution in [0.5, 0.6) is 0 Å². The van der Waals surface area contributed by atoms with Gasteiger partial charge in [-0.05, 0) is 51.4 Å². The second-order valence-corrected chi connectivity index (χ2v) is 17.9. The van der Waals surface area contributed by atoms with Gasteiger partial charge in [0.2, 0.25) is 5.91 Å². The highest BCUT2D eigenvalue weighted by Crippen LogP contribution is 2.18. The highest BCUT2D eigenvalue weighted by atomic mass is 16.5. The van der Waals surface area contributed by atoms with Gasteiger partial charge < -0.3 is 20.3 Å². The maximum absolute atomic E-state index is 13.2. The summed E-state index contributed by atoms with van der Waals surface area (Å²) >= 11 is 0. The van der Waals surface area contributed by atoms with Crippen LogP contribution in [0.15, 0.2) is 24.3 Å². The topological polar surface area (TPSA) is 95.9 Å². The van der Waals surface area contributed by atoms with E-state index in [4.69, 9.17) is 4.74 Å². The Labute approximate surface area is 367 Å². The van der Waals surface area contributed by atoms with Crippen LogP contribution in [-0.4, -0.2) is 46.9 Å². The number of nitrogens with one attached hydrogen (secondary N) is 1. The summed E-state index contributed by atoms with van der Waals surface area (Å²) in [6.07, 6.45) is 53.8. The standard InChI is InChI=1S/C53H101NO5/c1-4-7-10-13-16-19-22-24-26-27-28-30-33-36-39-42-45-51(56)50(48-55)54-52(57)47-49(44-41-38-35-32-21-18-15-12-9-6-3)59-53(58)46-43-40-37-34-31-29-25-23-20-17-14-11-8-5-2/h8,11,17,20,49-51,55-56H,4-7,9-10,12-16,18-19,21-48H2,1-3H3,(H,54,57)/b11-8+,20-17+. The molecule has 3 N–H and O–H groups in total. The number of rotatable bonds is 47. The van der Waals surface area contributed by atoms with Crippen LogP contribution < -0.4 is 5.32 Å². The van der Waals surface area contributed by atoms with Crippen molar-refractivity contribution in [3.8, 4) is 0 Å². The van der Waals surface area contributed by atoms with E-state index >= 15 is 0 Å². The fraction of sp³-hybridized carbons (Fsp3) is 0.887. The number of allylic oxidation sites excluding steroid dienone is 4. The lowest BCUT2D eigenvalue weighted by molar-refractivity contribution is -0.151. The molecule has 348 valence electrons. The number of hydrogen-bond acceptors (Lipinski definition) is 5. The van der Waals surface area contributed by atoms with Crippen LogP contribution in [0.3, 0.4) is 0 Å². The molecule has 0 heterocycles. The summed E-state index contributed by atoms with van der Waals surface area (Å²) in [6.45, 7) is 6.39. The van der Waals surface area contributed by atoms with E-state index in [0.717, 1.165) is 64.2 Å². The lowest BCUT2D eigenvalue weighted by Crippen LogP contribution is -2.46. The van der Waals surface area contributed by atoms with Gasteiger partial charge in [0.25, 0.3) is 0 Å². The highest BCUT2D eigenvalue weighted by molar-refractivity contribution is 5.77. The van der Waals surface area contributed by atoms with Gasteiger partial charge in [-0.15, -0.1) is 0 Å². The van der Waals surface area contributed by atoms with E-state index in [1.165, 1.54) is 167 Å². The molecule has 0 spiro atoms. The Kier molecular flexibility index (Phi) is 46.1. The molecule has 3 unspecified atom stereocenters. The number of aliphatic hydroxyl groups is 2. The Bertz CT molecular complexity index is 935. The first kappa shape index (κ1) is 57.3. The second-order valence-electron chi connectivity index (χ2n) is 17.9. The number of carbonyl (C=O) groups excluding carboxylic acids is 2. The lowest BCUT2D eigenvalue weighted by Gasteiger charge is -2.24. The van der Waals surface area contributed by atoms with Gasteiger partial charge in [0.05, 0.1) is 25.2 Å². The van der Waals surface area contributed by atoms with Gasteiger partial charge in [-0.3, -0.25) is 9.59 Å². The molecule has 0 aliphatic carbocycles. The zero-order valence-electron chi connectivity index (χ0n) is 39.7. The van der Waals surface area contributed by atoms with Crippen molar-refractivity contribution in [3.05, 3.63) is 24.3 Å². The number of unbranched alkanes of at least 4 members (excludes halogenated alkanes) is 31. The van der Waals surface area contributed by atoms with Crippen LogP contribution in [0.2, 0.25) is 0 Å². The molecule has 0 bridgehead atoms. The molecule has 0 aromatic carbocycles. The number of hydrogen-bond donors (Lipinski definition) is 3. The fourth-order valence-corrected chi connectivity index (χ4v) is 8.12. The third-order valence-electron chi connectivity index (χ3n) is 12.0. The van der Waals surface area contributed by atoms with Gasteiger partial charge in [-0.1, -0.05) is 238 Å². The molecule has 0 fully saturated rings. The minimum Gasteiger partial charge on any atom is -0.462 e. The van der Waals surface area contributed by atoms with Gasteiger partial charge in [0, 0.05) is 6.42 Å². The summed E-state index contributed by atoms with van der Waals surface area (Å²) in [5.74, 6) is -0.471. The van der Waals surface area contributed by atoms with E-state index in [-0.39, 0.29) is 24.9 Å². The van der Waals surface area contributed by atoms with Crippen molar-refractivity contribution in [2.45, 2.75) is 296 Å². The van der Waals surface area contributed by atoms with Crippen molar-refractivity contribution in [3.63, 3.8) is 0 Å². The van der Waals surface area contributed by atoms with E-state index in [1.54, 1.807) is 0 Å². The van der Waals surface area contributed by atoms with Crippen LogP contribution in [0, 0.1) is 0 Å². The number of amides is 1. The Morgan fingerprint density at radius 2 is 0.915 bits per heavy atom. The SMILES string of the molecule is CC/C=C/C/C=C/CCCCCCCCCC(=O)OC(CCCCCCCCCCCC)CC(=O)NC(CO)C(O)CCCCCCCCCCCCCCCCCC. The number of ether oxygens (including phenoxy) is 1. The van der Waals surface area contributed by atoms with Crippen LogP contribution in [0.25, 0.3) is 0 Å². The Hall–Kier alpha value is -1.66. The Morgan fingerprint density at radius 1 is 0.508 bits per heavy atom. The maximum atomic E-state index is 13.2. The summed E-state index contributed by atoms with van der Waals surface area (Å²) in [4.78, 5) is 26.1. The van der Waals surface area contributed by atoms with Gasteiger partial charge in [0.15, 0.2) is 0 Å². The fourth-order valence-electron chi connectivity index (χ4n) is 8.12. The summed E-state index contributed by atoms with van der Waals surface area (Å²) in [7, 11) is 0. The zero-order valence-corrected chi connectivity index (χ0v) is 39.7. The summed E-state index contributed by atoms with van der Waals surface area (Å²) in [5.41, 5.74) is 0. The van der Waals surface area contributed by atoms with Crippen LogP contribution in [0.4, 0.5) is 0 Å². The first-order valence-corrected chi connectivity index (χ1v) is 26.1. The monoisotopic (exact) mass is 832 g/mol. The Balaban J connectivity index is 4.44. The minimum atomic E-state index is -0.784. The van der Waals surface area contributed by atoms with E-state index in [9.17, 15) is 19.8 Å². The number of aliphatic hydroxyl groups excluding tert-OH is 2. The molecule has 0 radical (unpaired) electrons. The molecule has 59 heavy (non-hydrogen) atoms. The average molecular weight is 832 g/mol. The zero-order chi connectivity index (χ0) is 43.1. The average Bonchev–Trinajstić information content (AvgIpc) is 3.23. The normalized spacial score (nSPS) is 13.4. The van der Waals surface area contributed by atoms with Crippen molar-refractivity contribution < 1.29 is 24.5 Å². The molecule has 0 aliphatic rings. The molecule has 6 nitrogen and oxygen atoms in total. The molecule has 0 saturated heterocycles. The molecule has 6 heteroatoms. The lowest BCUT2D eigenvalue weighted by atomic mass is 10.0. The van der Waals surface area contributed by atoms with Crippen molar-refractivity contribution in [2.24, 2.45) is 0 Å². The maximum Gasteiger partial charge on any atom is 0.306 e. The molecule has 0 aromatic heterocycles. The van der Waals surface area contributed by atoms with Crippen LogP contribution in [-0.2, 0) is 14.3 Å². The second kappa shape index (κ2) is 47.4. The van der Waals surface area contributed by atoms with Gasteiger partial charge in [0.1, 0.15) is 6.10 Å². The van der Waals surface area contributed by atoms with Gasteiger partial charge >= 0.3 is 5.97 Å². The molecule has 0 rings (SSSR count). The quantitative estimate of drug-likeness (QED) is 0.0322. The van der Waals surface area contributed by atoms with Gasteiger partial charge in [-0.2, -0.15) is 0 Å². The summed E-state index contributed by atoms with van der Waals surface area (Å²) < 4.78 is 5.92. The first-order valence-electron chi connectivity index (χ1n) is 26.1. The predicted molar refractivity (Wildman–Crippen MR) is 255 cm³/mol. The van der Waals surface area contributed by atoms with Crippen molar-refractivity contribution in [1.29, 1.82) is 0 Å². The summed E-state index contributed by atoms with van der Waals surface area (Å²) in [5, 5.41) is 23.8. The van der Waals surface area contributed by atoms with E-state index < -0.39 is 18.2 Å². The minimum absolute atomic E-state index is 0.0794.